The summed E-state index contributed by atoms with van der Waals surface area (Å²) in [5.41, 5.74) is 3.82. The third kappa shape index (κ3) is 3.67. The molecule has 2 unspecified atom stereocenters. The van der Waals surface area contributed by atoms with Crippen molar-refractivity contribution in [2.45, 2.75) is 20.3 Å². The van der Waals surface area contributed by atoms with E-state index in [4.69, 9.17) is 0 Å². The summed E-state index contributed by atoms with van der Waals surface area (Å²) in [6, 6.07) is 13.3. The molecule has 2 N–H and O–H groups in total. The second-order valence-corrected chi connectivity index (χ2v) is 7.06. The maximum absolute atomic E-state index is 12.3. The van der Waals surface area contributed by atoms with Crippen molar-refractivity contribution in [2.75, 3.05) is 10.6 Å². The van der Waals surface area contributed by atoms with Gasteiger partial charge in [-0.3, -0.25) is 9.59 Å². The van der Waals surface area contributed by atoms with Crippen molar-refractivity contribution in [1.82, 2.24) is 0 Å². The van der Waals surface area contributed by atoms with E-state index in [-0.39, 0.29) is 23.7 Å². The fourth-order valence-corrected chi connectivity index (χ4v) is 3.00. The molecule has 0 radical (unpaired) electrons. The van der Waals surface area contributed by atoms with E-state index >= 15 is 0 Å². The molecule has 24 heavy (non-hydrogen) atoms. The van der Waals surface area contributed by atoms with Crippen LogP contribution in [0.15, 0.2) is 46.9 Å². The largest absolute Gasteiger partial charge is 0.326 e. The number of benzene rings is 2. The lowest BCUT2D eigenvalue weighted by molar-refractivity contribution is -0.122. The molecular weight excluding hydrogens is 368 g/mol. The molecule has 2 aromatic rings. The SMILES string of the molecule is Cc1ccc(NC(=O)C2CC2C(=O)Nc2ccccc2Br)cc1C. The van der Waals surface area contributed by atoms with E-state index in [0.717, 1.165) is 21.4 Å². The van der Waals surface area contributed by atoms with Crippen LogP contribution in [0.4, 0.5) is 11.4 Å². The van der Waals surface area contributed by atoms with Gasteiger partial charge in [-0.1, -0.05) is 18.2 Å². The number of amides is 2. The molecule has 124 valence electrons. The van der Waals surface area contributed by atoms with Gasteiger partial charge in [-0.25, -0.2) is 0 Å². The highest BCUT2D eigenvalue weighted by atomic mass is 79.9. The first kappa shape index (κ1) is 16.7. The van der Waals surface area contributed by atoms with Gasteiger partial charge in [-0.15, -0.1) is 0 Å². The van der Waals surface area contributed by atoms with E-state index in [0.29, 0.717) is 6.42 Å². The number of halogens is 1. The first-order valence-corrected chi connectivity index (χ1v) is 8.68. The van der Waals surface area contributed by atoms with Gasteiger partial charge in [0.15, 0.2) is 0 Å². The summed E-state index contributed by atoms with van der Waals surface area (Å²) < 4.78 is 0.829. The number of carbonyl (C=O) groups is 2. The molecule has 2 atom stereocenters. The number of anilines is 2. The summed E-state index contributed by atoms with van der Waals surface area (Å²) in [6.45, 7) is 4.04. The highest BCUT2D eigenvalue weighted by molar-refractivity contribution is 9.10. The number of hydrogen-bond acceptors (Lipinski definition) is 2. The third-order valence-corrected chi connectivity index (χ3v) is 5.06. The van der Waals surface area contributed by atoms with Crippen LogP contribution in [0, 0.1) is 25.7 Å². The molecule has 5 heteroatoms. The molecule has 0 spiro atoms. The molecular formula is C19H19BrN2O2. The monoisotopic (exact) mass is 386 g/mol. The van der Waals surface area contributed by atoms with Crippen LogP contribution in [-0.4, -0.2) is 11.8 Å². The van der Waals surface area contributed by atoms with Crippen LogP contribution < -0.4 is 10.6 Å². The van der Waals surface area contributed by atoms with Crippen LogP contribution in [0.5, 0.6) is 0 Å². The number of hydrogen-bond donors (Lipinski definition) is 2. The summed E-state index contributed by atoms with van der Waals surface area (Å²) in [4.78, 5) is 24.6. The zero-order valence-electron chi connectivity index (χ0n) is 13.6. The average molecular weight is 387 g/mol. The summed E-state index contributed by atoms with van der Waals surface area (Å²) >= 11 is 3.40. The number of aryl methyl sites for hydroxylation is 2. The Kier molecular flexibility index (Phi) is 4.71. The standard InChI is InChI=1S/C19H19BrN2O2/c1-11-7-8-13(9-12(11)2)21-18(23)14-10-15(14)19(24)22-17-6-4-3-5-16(17)20/h3-9,14-15H,10H2,1-2H3,(H,21,23)(H,22,24). The molecule has 0 saturated heterocycles. The van der Waals surface area contributed by atoms with Gasteiger partial charge in [0.05, 0.1) is 17.5 Å². The van der Waals surface area contributed by atoms with Crippen LogP contribution in [0.3, 0.4) is 0 Å². The van der Waals surface area contributed by atoms with Gasteiger partial charge in [-0.2, -0.15) is 0 Å². The minimum Gasteiger partial charge on any atom is -0.326 e. The van der Waals surface area contributed by atoms with E-state index in [9.17, 15) is 9.59 Å². The third-order valence-electron chi connectivity index (χ3n) is 4.37. The smallest absolute Gasteiger partial charge is 0.228 e. The van der Waals surface area contributed by atoms with Crippen LogP contribution in [0.2, 0.25) is 0 Å². The molecule has 1 aliphatic rings. The molecule has 0 aromatic heterocycles. The molecule has 2 amide bonds. The van der Waals surface area contributed by atoms with Gasteiger partial charge < -0.3 is 10.6 Å². The van der Waals surface area contributed by atoms with E-state index in [1.54, 1.807) is 0 Å². The first-order valence-electron chi connectivity index (χ1n) is 7.89. The van der Waals surface area contributed by atoms with Gasteiger partial charge in [0, 0.05) is 10.2 Å². The first-order chi connectivity index (χ1) is 11.5. The molecule has 3 rings (SSSR count). The van der Waals surface area contributed by atoms with Crippen molar-refractivity contribution in [2.24, 2.45) is 11.8 Å². The van der Waals surface area contributed by atoms with Crippen molar-refractivity contribution in [3.63, 3.8) is 0 Å². The summed E-state index contributed by atoms with van der Waals surface area (Å²) in [5.74, 6) is -0.717. The van der Waals surface area contributed by atoms with Crippen LogP contribution in [0.1, 0.15) is 17.5 Å². The maximum Gasteiger partial charge on any atom is 0.228 e. The van der Waals surface area contributed by atoms with E-state index in [1.165, 1.54) is 5.56 Å². The molecule has 1 saturated carbocycles. The predicted molar refractivity (Wildman–Crippen MR) is 98.9 cm³/mol. The molecule has 0 aliphatic heterocycles. The topological polar surface area (TPSA) is 58.2 Å². The van der Waals surface area contributed by atoms with E-state index < -0.39 is 0 Å². The highest BCUT2D eigenvalue weighted by Crippen LogP contribution is 2.40. The Morgan fingerprint density at radius 2 is 1.62 bits per heavy atom. The molecule has 0 bridgehead atoms. The van der Waals surface area contributed by atoms with Gasteiger partial charge in [0.25, 0.3) is 0 Å². The Morgan fingerprint density at radius 1 is 0.958 bits per heavy atom. The Balaban J connectivity index is 1.58. The van der Waals surface area contributed by atoms with Crippen molar-refractivity contribution >= 4 is 39.1 Å². The average Bonchev–Trinajstić information content (AvgIpc) is 3.34. The minimum absolute atomic E-state index is 0.0921. The molecule has 1 fully saturated rings. The minimum atomic E-state index is -0.261. The molecule has 0 heterocycles. The zero-order chi connectivity index (χ0) is 17.3. The second kappa shape index (κ2) is 6.77. The van der Waals surface area contributed by atoms with Crippen molar-refractivity contribution < 1.29 is 9.59 Å². The molecule has 4 nitrogen and oxygen atoms in total. The van der Waals surface area contributed by atoms with E-state index in [1.807, 2.05) is 56.3 Å². The number of rotatable bonds is 4. The van der Waals surface area contributed by atoms with Crippen molar-refractivity contribution in [3.05, 3.63) is 58.1 Å². The molecule has 1 aliphatic carbocycles. The summed E-state index contributed by atoms with van der Waals surface area (Å²) in [7, 11) is 0. The Morgan fingerprint density at radius 3 is 2.29 bits per heavy atom. The number of nitrogens with one attached hydrogen (secondary N) is 2. The van der Waals surface area contributed by atoms with E-state index in [2.05, 4.69) is 26.6 Å². The lowest BCUT2D eigenvalue weighted by Gasteiger charge is -2.08. The van der Waals surface area contributed by atoms with Crippen molar-refractivity contribution in [3.8, 4) is 0 Å². The quantitative estimate of drug-likeness (QED) is 0.823. The fourth-order valence-electron chi connectivity index (χ4n) is 2.62. The summed E-state index contributed by atoms with van der Waals surface area (Å²) in [5, 5.41) is 5.78. The van der Waals surface area contributed by atoms with Crippen LogP contribution >= 0.6 is 15.9 Å². The van der Waals surface area contributed by atoms with Gasteiger partial charge in [0.2, 0.25) is 11.8 Å². The van der Waals surface area contributed by atoms with Crippen LogP contribution in [0.25, 0.3) is 0 Å². The predicted octanol–water partition coefficient (Wildman–Crippen LogP) is 4.28. The Bertz CT molecular complexity index is 804. The lowest BCUT2D eigenvalue weighted by Crippen LogP contribution is -2.20. The highest BCUT2D eigenvalue weighted by Gasteiger charge is 2.48. The second-order valence-electron chi connectivity index (χ2n) is 6.21. The molecule has 2 aromatic carbocycles. The van der Waals surface area contributed by atoms with Gasteiger partial charge in [0.1, 0.15) is 0 Å². The summed E-state index contributed by atoms with van der Waals surface area (Å²) in [6.07, 6.45) is 0.590. The Labute approximate surface area is 149 Å². The Hall–Kier alpha value is -2.14. The number of para-hydroxylation sites is 1. The van der Waals surface area contributed by atoms with Crippen molar-refractivity contribution in [1.29, 1.82) is 0 Å². The van der Waals surface area contributed by atoms with Gasteiger partial charge >= 0.3 is 0 Å². The lowest BCUT2D eigenvalue weighted by atomic mass is 10.1. The normalized spacial score (nSPS) is 18.8. The maximum atomic E-state index is 12.3. The van der Waals surface area contributed by atoms with Crippen LogP contribution in [-0.2, 0) is 9.59 Å². The fraction of sp³-hybridized carbons (Fsp3) is 0.263. The van der Waals surface area contributed by atoms with Gasteiger partial charge in [-0.05, 0) is 71.6 Å². The zero-order valence-corrected chi connectivity index (χ0v) is 15.2. The number of carbonyl (C=O) groups excluding carboxylic acids is 2.